The highest BCUT2D eigenvalue weighted by Crippen LogP contribution is 2.31. The first kappa shape index (κ1) is 14.1. The van der Waals surface area contributed by atoms with Gasteiger partial charge in [0.2, 0.25) is 0 Å². The van der Waals surface area contributed by atoms with Crippen molar-refractivity contribution >= 4 is 21.6 Å². The summed E-state index contributed by atoms with van der Waals surface area (Å²) in [6.45, 7) is 0.362. The van der Waals surface area contributed by atoms with E-state index >= 15 is 0 Å². The number of benzene rings is 2. The largest absolute Gasteiger partial charge is 0.489 e. The molecule has 1 aliphatic carbocycles. The number of ether oxygens (including phenoxy) is 1. The van der Waals surface area contributed by atoms with Crippen LogP contribution in [-0.4, -0.2) is 10.9 Å². The lowest BCUT2D eigenvalue weighted by molar-refractivity contribution is 0.303. The number of rotatable bonds is 3. The van der Waals surface area contributed by atoms with Crippen LogP contribution in [0.1, 0.15) is 23.1 Å². The monoisotopic (exact) mass is 349 g/mol. The summed E-state index contributed by atoms with van der Waals surface area (Å²) in [5, 5.41) is 12.3. The average molecular weight is 350 g/mol. The number of fused-ring (bicyclic) bond motifs is 1. The normalized spacial score (nSPS) is 15.2. The molecular formula is C16H13BrFNO2. The van der Waals surface area contributed by atoms with Crippen molar-refractivity contribution in [1.82, 2.24) is 0 Å². The fraction of sp³-hybridized carbons (Fsp3) is 0.188. The fourth-order valence-electron chi connectivity index (χ4n) is 2.50. The van der Waals surface area contributed by atoms with Gasteiger partial charge in [-0.2, -0.15) is 0 Å². The van der Waals surface area contributed by atoms with E-state index in [0.29, 0.717) is 23.2 Å². The van der Waals surface area contributed by atoms with E-state index in [1.165, 1.54) is 6.07 Å². The highest BCUT2D eigenvalue weighted by molar-refractivity contribution is 9.10. The van der Waals surface area contributed by atoms with Crippen LogP contribution < -0.4 is 4.74 Å². The minimum absolute atomic E-state index is 0.289. The molecule has 0 atom stereocenters. The van der Waals surface area contributed by atoms with E-state index in [0.717, 1.165) is 28.9 Å². The van der Waals surface area contributed by atoms with Crippen LogP contribution in [0.4, 0.5) is 4.39 Å². The summed E-state index contributed by atoms with van der Waals surface area (Å²) in [7, 11) is 0. The number of hydrogen-bond donors (Lipinski definition) is 1. The predicted molar refractivity (Wildman–Crippen MR) is 81.5 cm³/mol. The molecule has 0 radical (unpaired) electrons. The molecule has 0 amide bonds. The molecule has 108 valence electrons. The number of halogens is 2. The molecule has 0 unspecified atom stereocenters. The van der Waals surface area contributed by atoms with Crippen molar-refractivity contribution in [3.05, 3.63) is 63.4 Å². The Hall–Kier alpha value is -1.88. The lowest BCUT2D eigenvalue weighted by Crippen LogP contribution is -2.00. The van der Waals surface area contributed by atoms with Crippen LogP contribution in [0.3, 0.4) is 0 Å². The molecule has 0 saturated heterocycles. The second-order valence-electron chi connectivity index (χ2n) is 4.87. The molecule has 2 aromatic carbocycles. The number of hydrogen-bond acceptors (Lipinski definition) is 3. The summed E-state index contributed by atoms with van der Waals surface area (Å²) in [5.41, 5.74) is 3.58. The van der Waals surface area contributed by atoms with E-state index in [9.17, 15) is 4.39 Å². The topological polar surface area (TPSA) is 41.8 Å². The minimum Gasteiger partial charge on any atom is -0.489 e. The third-order valence-electron chi connectivity index (χ3n) is 3.55. The van der Waals surface area contributed by atoms with Crippen LogP contribution in [0.25, 0.3) is 0 Å². The maximum Gasteiger partial charge on any atom is 0.137 e. The molecule has 0 saturated carbocycles. The summed E-state index contributed by atoms with van der Waals surface area (Å²) in [6.07, 6.45) is 1.52. The lowest BCUT2D eigenvalue weighted by atomic mass is 10.1. The average Bonchev–Trinajstić information content (AvgIpc) is 2.92. The zero-order valence-electron chi connectivity index (χ0n) is 11.1. The standard InChI is InChI=1S/C16H13BrFNO2/c17-13-8-10(4-6-14(13)18)9-21-16-3-1-2-11-12(16)5-7-15(11)19-20/h1-4,6,8,20H,5,7,9H2. The predicted octanol–water partition coefficient (Wildman–Crippen LogP) is 4.29. The van der Waals surface area contributed by atoms with Gasteiger partial charge < -0.3 is 9.94 Å². The van der Waals surface area contributed by atoms with Crippen molar-refractivity contribution in [1.29, 1.82) is 0 Å². The van der Waals surface area contributed by atoms with Crippen LogP contribution in [0, 0.1) is 5.82 Å². The molecule has 1 N–H and O–H groups in total. The first-order chi connectivity index (χ1) is 10.2. The van der Waals surface area contributed by atoms with E-state index in [1.807, 2.05) is 18.2 Å². The van der Waals surface area contributed by atoms with E-state index in [1.54, 1.807) is 12.1 Å². The maximum atomic E-state index is 13.2. The molecule has 0 spiro atoms. The van der Waals surface area contributed by atoms with Gasteiger partial charge in [0, 0.05) is 11.1 Å². The van der Waals surface area contributed by atoms with Gasteiger partial charge in [-0.25, -0.2) is 4.39 Å². The van der Waals surface area contributed by atoms with Gasteiger partial charge >= 0.3 is 0 Å². The van der Waals surface area contributed by atoms with Crippen molar-refractivity contribution in [2.45, 2.75) is 19.4 Å². The van der Waals surface area contributed by atoms with E-state index in [2.05, 4.69) is 21.1 Å². The molecule has 3 nitrogen and oxygen atoms in total. The van der Waals surface area contributed by atoms with Gasteiger partial charge in [0.1, 0.15) is 18.2 Å². The summed E-state index contributed by atoms with van der Waals surface area (Å²) in [5.74, 6) is 0.495. The highest BCUT2D eigenvalue weighted by Gasteiger charge is 2.21. The van der Waals surface area contributed by atoms with Crippen LogP contribution in [-0.2, 0) is 13.0 Å². The van der Waals surface area contributed by atoms with Crippen LogP contribution in [0.15, 0.2) is 46.0 Å². The van der Waals surface area contributed by atoms with Gasteiger partial charge in [-0.05, 0) is 52.5 Å². The molecule has 0 bridgehead atoms. The van der Waals surface area contributed by atoms with E-state index in [4.69, 9.17) is 9.94 Å². The second kappa shape index (κ2) is 5.85. The van der Waals surface area contributed by atoms with Gasteiger partial charge in [-0.1, -0.05) is 23.4 Å². The molecule has 21 heavy (non-hydrogen) atoms. The van der Waals surface area contributed by atoms with Gasteiger partial charge in [-0.15, -0.1) is 0 Å². The van der Waals surface area contributed by atoms with Crippen LogP contribution in [0.5, 0.6) is 5.75 Å². The van der Waals surface area contributed by atoms with E-state index < -0.39 is 0 Å². The maximum absolute atomic E-state index is 13.2. The zero-order chi connectivity index (χ0) is 14.8. The smallest absolute Gasteiger partial charge is 0.137 e. The Bertz CT molecular complexity index is 715. The van der Waals surface area contributed by atoms with Gasteiger partial charge in [0.05, 0.1) is 10.2 Å². The van der Waals surface area contributed by atoms with Crippen molar-refractivity contribution in [2.75, 3.05) is 0 Å². The number of oxime groups is 1. The first-order valence-corrected chi connectivity index (χ1v) is 7.38. The lowest BCUT2D eigenvalue weighted by Gasteiger charge is -2.11. The fourth-order valence-corrected chi connectivity index (χ4v) is 2.93. The molecule has 1 aliphatic rings. The number of nitrogens with zero attached hydrogens (tertiary/aromatic N) is 1. The Morgan fingerprint density at radius 2 is 2.10 bits per heavy atom. The summed E-state index contributed by atoms with van der Waals surface area (Å²) in [6, 6.07) is 10.5. The van der Waals surface area contributed by atoms with Gasteiger partial charge in [0.25, 0.3) is 0 Å². The van der Waals surface area contributed by atoms with E-state index in [-0.39, 0.29) is 5.82 Å². The van der Waals surface area contributed by atoms with Crippen LogP contribution >= 0.6 is 15.9 Å². The van der Waals surface area contributed by atoms with Crippen LogP contribution in [0.2, 0.25) is 0 Å². The Morgan fingerprint density at radius 1 is 1.24 bits per heavy atom. The Balaban J connectivity index is 1.80. The molecular weight excluding hydrogens is 337 g/mol. The summed E-state index contributed by atoms with van der Waals surface area (Å²) in [4.78, 5) is 0. The Labute approximate surface area is 130 Å². The van der Waals surface area contributed by atoms with Gasteiger partial charge in [0.15, 0.2) is 0 Å². The molecule has 0 fully saturated rings. The van der Waals surface area contributed by atoms with Gasteiger partial charge in [-0.3, -0.25) is 0 Å². The Kier molecular flexibility index (Phi) is 3.92. The molecule has 0 heterocycles. The molecule has 2 aromatic rings. The molecule has 3 rings (SSSR count). The SMILES string of the molecule is ON=C1CCc2c(OCc3ccc(F)c(Br)c3)cccc21. The highest BCUT2D eigenvalue weighted by atomic mass is 79.9. The third-order valence-corrected chi connectivity index (χ3v) is 4.16. The third kappa shape index (κ3) is 2.78. The van der Waals surface area contributed by atoms with Crippen molar-refractivity contribution in [3.63, 3.8) is 0 Å². The van der Waals surface area contributed by atoms with Crippen molar-refractivity contribution in [3.8, 4) is 5.75 Å². The second-order valence-corrected chi connectivity index (χ2v) is 5.72. The Morgan fingerprint density at radius 3 is 2.86 bits per heavy atom. The molecule has 0 aliphatic heterocycles. The summed E-state index contributed by atoms with van der Waals surface area (Å²) >= 11 is 3.17. The molecule has 5 heteroatoms. The van der Waals surface area contributed by atoms with Crippen molar-refractivity contribution in [2.24, 2.45) is 5.16 Å². The zero-order valence-corrected chi connectivity index (χ0v) is 12.7. The minimum atomic E-state index is -0.289. The first-order valence-electron chi connectivity index (χ1n) is 6.59. The quantitative estimate of drug-likeness (QED) is 0.663. The van der Waals surface area contributed by atoms with Crippen molar-refractivity contribution < 1.29 is 14.3 Å². The molecule has 0 aromatic heterocycles. The summed E-state index contributed by atoms with van der Waals surface area (Å²) < 4.78 is 19.5.